The van der Waals surface area contributed by atoms with E-state index in [-0.39, 0.29) is 11.7 Å². The van der Waals surface area contributed by atoms with Crippen molar-refractivity contribution in [3.63, 3.8) is 0 Å². The highest BCUT2D eigenvalue weighted by Gasteiger charge is 2.20. The first-order valence-electron chi connectivity index (χ1n) is 4.57. The summed E-state index contributed by atoms with van der Waals surface area (Å²) in [7, 11) is 0. The molecule has 1 aliphatic rings. The van der Waals surface area contributed by atoms with Crippen LogP contribution in [-0.2, 0) is 9.59 Å². The molecule has 0 N–H and O–H groups in total. The molecule has 0 spiro atoms. The molecular weight excluding hydrogens is 166 g/mol. The van der Waals surface area contributed by atoms with Crippen molar-refractivity contribution in [3.8, 4) is 0 Å². The monoisotopic (exact) mass is 181 g/mol. The van der Waals surface area contributed by atoms with Crippen molar-refractivity contribution in [2.45, 2.75) is 26.2 Å². The SMILES string of the molecule is C=C(C)C(=O)CCN1CCCC1=O. The molecule has 0 aromatic heterocycles. The van der Waals surface area contributed by atoms with E-state index in [1.807, 2.05) is 0 Å². The van der Waals surface area contributed by atoms with Gasteiger partial charge in [0.15, 0.2) is 5.78 Å². The number of likely N-dealkylation sites (tertiary alicyclic amines) is 1. The number of amides is 1. The van der Waals surface area contributed by atoms with Crippen molar-refractivity contribution in [1.82, 2.24) is 4.90 Å². The molecule has 1 heterocycles. The van der Waals surface area contributed by atoms with Gasteiger partial charge < -0.3 is 4.90 Å². The smallest absolute Gasteiger partial charge is 0.222 e. The molecule has 0 unspecified atom stereocenters. The molecule has 13 heavy (non-hydrogen) atoms. The fourth-order valence-corrected chi connectivity index (χ4v) is 1.39. The average molecular weight is 181 g/mol. The van der Waals surface area contributed by atoms with Gasteiger partial charge in [0, 0.05) is 25.9 Å². The summed E-state index contributed by atoms with van der Waals surface area (Å²) in [5, 5.41) is 0. The minimum Gasteiger partial charge on any atom is -0.342 e. The Balaban J connectivity index is 2.30. The largest absolute Gasteiger partial charge is 0.342 e. The van der Waals surface area contributed by atoms with Gasteiger partial charge in [-0.25, -0.2) is 0 Å². The first-order valence-corrected chi connectivity index (χ1v) is 4.57. The second-order valence-corrected chi connectivity index (χ2v) is 3.44. The molecule has 0 radical (unpaired) electrons. The second kappa shape index (κ2) is 4.21. The van der Waals surface area contributed by atoms with Crippen LogP contribution in [0.2, 0.25) is 0 Å². The van der Waals surface area contributed by atoms with Crippen LogP contribution in [0, 0.1) is 0 Å². The summed E-state index contributed by atoms with van der Waals surface area (Å²) in [4.78, 5) is 24.1. The molecule has 0 saturated carbocycles. The maximum Gasteiger partial charge on any atom is 0.222 e. The summed E-state index contributed by atoms with van der Waals surface area (Å²) in [6.45, 7) is 6.64. The van der Waals surface area contributed by atoms with E-state index in [4.69, 9.17) is 0 Å². The lowest BCUT2D eigenvalue weighted by Crippen LogP contribution is -2.27. The number of carbonyl (C=O) groups excluding carboxylic acids is 2. The molecule has 3 heteroatoms. The van der Waals surface area contributed by atoms with E-state index in [2.05, 4.69) is 6.58 Å². The Morgan fingerprint density at radius 1 is 1.62 bits per heavy atom. The number of carbonyl (C=O) groups is 2. The zero-order valence-electron chi connectivity index (χ0n) is 8.01. The van der Waals surface area contributed by atoms with Gasteiger partial charge in [-0.05, 0) is 18.9 Å². The van der Waals surface area contributed by atoms with Gasteiger partial charge in [-0.1, -0.05) is 6.58 Å². The van der Waals surface area contributed by atoms with Gasteiger partial charge >= 0.3 is 0 Å². The Morgan fingerprint density at radius 3 is 2.77 bits per heavy atom. The van der Waals surface area contributed by atoms with E-state index in [0.29, 0.717) is 25.0 Å². The van der Waals surface area contributed by atoms with Gasteiger partial charge in [0.1, 0.15) is 0 Å². The first-order chi connectivity index (χ1) is 6.11. The molecular formula is C10H15NO2. The van der Waals surface area contributed by atoms with Gasteiger partial charge in [-0.15, -0.1) is 0 Å². The number of ketones is 1. The van der Waals surface area contributed by atoms with Crippen LogP contribution >= 0.6 is 0 Å². The molecule has 0 aromatic rings. The minimum absolute atomic E-state index is 0.0553. The number of allylic oxidation sites excluding steroid dienone is 1. The molecule has 0 aliphatic carbocycles. The third-order valence-electron chi connectivity index (χ3n) is 2.26. The zero-order chi connectivity index (χ0) is 9.84. The van der Waals surface area contributed by atoms with Gasteiger partial charge in [0.25, 0.3) is 0 Å². The van der Waals surface area contributed by atoms with Crippen LogP contribution in [-0.4, -0.2) is 29.7 Å². The van der Waals surface area contributed by atoms with Crippen molar-refractivity contribution in [2.24, 2.45) is 0 Å². The molecule has 3 nitrogen and oxygen atoms in total. The van der Waals surface area contributed by atoms with E-state index < -0.39 is 0 Å². The Labute approximate surface area is 78.4 Å². The van der Waals surface area contributed by atoms with Crippen molar-refractivity contribution < 1.29 is 9.59 Å². The van der Waals surface area contributed by atoms with Crippen molar-refractivity contribution in [1.29, 1.82) is 0 Å². The number of nitrogens with zero attached hydrogens (tertiary/aromatic N) is 1. The van der Waals surface area contributed by atoms with Gasteiger partial charge in [-0.2, -0.15) is 0 Å². The third kappa shape index (κ3) is 2.68. The highest BCUT2D eigenvalue weighted by Crippen LogP contribution is 2.10. The van der Waals surface area contributed by atoms with Gasteiger partial charge in [0.2, 0.25) is 5.91 Å². The maximum absolute atomic E-state index is 11.2. The zero-order valence-corrected chi connectivity index (χ0v) is 8.01. The summed E-state index contributed by atoms with van der Waals surface area (Å²) in [5.41, 5.74) is 0.576. The van der Waals surface area contributed by atoms with E-state index >= 15 is 0 Å². The highest BCUT2D eigenvalue weighted by atomic mass is 16.2. The molecule has 0 bridgehead atoms. The lowest BCUT2D eigenvalue weighted by molar-refractivity contribution is -0.128. The Hall–Kier alpha value is -1.12. The van der Waals surface area contributed by atoms with Crippen LogP contribution < -0.4 is 0 Å². The van der Waals surface area contributed by atoms with Crippen LogP contribution in [0.25, 0.3) is 0 Å². The lowest BCUT2D eigenvalue weighted by Gasteiger charge is -2.14. The van der Waals surface area contributed by atoms with Crippen LogP contribution in [0.1, 0.15) is 26.2 Å². The predicted molar refractivity (Wildman–Crippen MR) is 50.3 cm³/mol. The molecule has 0 atom stereocenters. The predicted octanol–water partition coefficient (Wildman–Crippen LogP) is 1.14. The summed E-state index contributed by atoms with van der Waals surface area (Å²) in [6.07, 6.45) is 1.99. The topological polar surface area (TPSA) is 37.4 Å². The quantitative estimate of drug-likeness (QED) is 0.610. The molecule has 1 amide bonds. The lowest BCUT2D eigenvalue weighted by atomic mass is 10.1. The highest BCUT2D eigenvalue weighted by molar-refractivity contribution is 5.94. The van der Waals surface area contributed by atoms with E-state index in [1.54, 1.807) is 11.8 Å². The minimum atomic E-state index is 0.0553. The summed E-state index contributed by atoms with van der Waals surface area (Å²) >= 11 is 0. The van der Waals surface area contributed by atoms with E-state index in [0.717, 1.165) is 13.0 Å². The average Bonchev–Trinajstić information content (AvgIpc) is 2.47. The molecule has 1 fully saturated rings. The standard InChI is InChI=1S/C10H15NO2/c1-8(2)9(12)5-7-11-6-3-4-10(11)13/h1,3-7H2,2H3. The van der Waals surface area contributed by atoms with Crippen molar-refractivity contribution in [2.75, 3.05) is 13.1 Å². The normalized spacial score (nSPS) is 16.4. The van der Waals surface area contributed by atoms with E-state index in [9.17, 15) is 9.59 Å². The van der Waals surface area contributed by atoms with Crippen LogP contribution in [0.15, 0.2) is 12.2 Å². The molecule has 72 valence electrons. The van der Waals surface area contributed by atoms with Crippen LogP contribution in [0.3, 0.4) is 0 Å². The third-order valence-corrected chi connectivity index (χ3v) is 2.26. The number of hydrogen-bond donors (Lipinski definition) is 0. The Bertz CT molecular complexity index is 245. The Kier molecular flexibility index (Phi) is 3.23. The maximum atomic E-state index is 11.2. The number of rotatable bonds is 4. The number of hydrogen-bond acceptors (Lipinski definition) is 2. The van der Waals surface area contributed by atoms with Crippen molar-refractivity contribution >= 4 is 11.7 Å². The number of Topliss-reactive ketones (excluding diaryl/α,β-unsaturated/α-hetero) is 1. The Morgan fingerprint density at radius 2 is 2.31 bits per heavy atom. The summed E-state index contributed by atoms with van der Waals surface area (Å²) in [6, 6.07) is 0. The fraction of sp³-hybridized carbons (Fsp3) is 0.600. The molecule has 1 saturated heterocycles. The second-order valence-electron chi connectivity index (χ2n) is 3.44. The summed E-state index contributed by atoms with van der Waals surface area (Å²) < 4.78 is 0. The van der Waals surface area contributed by atoms with Crippen molar-refractivity contribution in [3.05, 3.63) is 12.2 Å². The first kappa shape index (κ1) is 9.96. The van der Waals surface area contributed by atoms with Gasteiger partial charge in [0.05, 0.1) is 0 Å². The van der Waals surface area contributed by atoms with Crippen LogP contribution in [0.4, 0.5) is 0 Å². The molecule has 1 aliphatic heterocycles. The van der Waals surface area contributed by atoms with E-state index in [1.165, 1.54) is 0 Å². The molecule has 1 rings (SSSR count). The summed E-state index contributed by atoms with van der Waals surface area (Å²) in [5.74, 6) is 0.231. The van der Waals surface area contributed by atoms with Crippen LogP contribution in [0.5, 0.6) is 0 Å². The van der Waals surface area contributed by atoms with Gasteiger partial charge in [-0.3, -0.25) is 9.59 Å². The fourth-order valence-electron chi connectivity index (χ4n) is 1.39. The molecule has 0 aromatic carbocycles.